The molecule has 3 N–H and O–H groups in total. The lowest BCUT2D eigenvalue weighted by Crippen LogP contribution is -2.24. The Morgan fingerprint density at radius 1 is 1.27 bits per heavy atom. The third kappa shape index (κ3) is 4.24. The number of nitriles is 1. The average molecular weight is 451 g/mol. The van der Waals surface area contributed by atoms with Crippen LogP contribution in [-0.4, -0.2) is 22.8 Å². The summed E-state index contributed by atoms with van der Waals surface area (Å²) in [5.74, 6) is -1.68. The first kappa shape index (κ1) is 22.3. The molecule has 1 heterocycles. The summed E-state index contributed by atoms with van der Waals surface area (Å²) in [5, 5.41) is 16.5. The van der Waals surface area contributed by atoms with Gasteiger partial charge in [-0.1, -0.05) is 25.0 Å². The molecule has 33 heavy (non-hydrogen) atoms. The number of benzene rings is 2. The molecule has 9 heteroatoms. The summed E-state index contributed by atoms with van der Waals surface area (Å²) in [5.41, 5.74) is 6.44. The predicted octanol–water partition coefficient (Wildman–Crippen LogP) is 4.34. The number of nitrogens with zero attached hydrogens (tertiary/aromatic N) is 3. The van der Waals surface area contributed by atoms with Crippen LogP contribution >= 0.6 is 0 Å². The van der Waals surface area contributed by atoms with Crippen molar-refractivity contribution >= 4 is 11.7 Å². The highest BCUT2D eigenvalue weighted by molar-refractivity contribution is 5.96. The molecular weight excluding hydrogens is 428 g/mol. The van der Waals surface area contributed by atoms with Gasteiger partial charge >= 0.3 is 0 Å². The van der Waals surface area contributed by atoms with Crippen LogP contribution in [0.15, 0.2) is 36.4 Å². The Bertz CT molecular complexity index is 1220. The fourth-order valence-electron chi connectivity index (χ4n) is 4.19. The van der Waals surface area contributed by atoms with E-state index in [1.807, 2.05) is 6.07 Å². The van der Waals surface area contributed by atoms with Gasteiger partial charge in [0.05, 0.1) is 18.7 Å². The van der Waals surface area contributed by atoms with Crippen molar-refractivity contribution < 1.29 is 18.3 Å². The van der Waals surface area contributed by atoms with E-state index in [0.717, 1.165) is 37.8 Å². The Balaban J connectivity index is 1.60. The fraction of sp³-hybridized carbons (Fsp3) is 0.292. The number of ether oxygens (including phenoxy) is 1. The van der Waals surface area contributed by atoms with Crippen LogP contribution in [0.3, 0.4) is 0 Å². The van der Waals surface area contributed by atoms with E-state index in [-0.39, 0.29) is 46.4 Å². The van der Waals surface area contributed by atoms with Crippen LogP contribution in [-0.2, 0) is 6.54 Å². The Kier molecular flexibility index (Phi) is 6.27. The zero-order chi connectivity index (χ0) is 23.5. The number of halogens is 2. The van der Waals surface area contributed by atoms with Gasteiger partial charge in [-0.15, -0.1) is 0 Å². The van der Waals surface area contributed by atoms with Crippen molar-refractivity contribution in [2.24, 2.45) is 0 Å². The first-order valence-corrected chi connectivity index (χ1v) is 10.6. The minimum absolute atomic E-state index is 0.0741. The Labute approximate surface area is 189 Å². The second kappa shape index (κ2) is 9.28. The molecule has 7 nitrogen and oxygen atoms in total. The minimum atomic E-state index is -0.858. The van der Waals surface area contributed by atoms with Gasteiger partial charge in [-0.25, -0.2) is 13.5 Å². The molecule has 0 aliphatic heterocycles. The molecular formula is C24H23F2N5O2. The number of aromatic nitrogens is 2. The predicted molar refractivity (Wildman–Crippen MR) is 118 cm³/mol. The smallest absolute Gasteiger partial charge is 0.255 e. The van der Waals surface area contributed by atoms with Crippen LogP contribution in [0.4, 0.5) is 14.6 Å². The van der Waals surface area contributed by atoms with E-state index in [2.05, 4.69) is 10.4 Å². The molecule has 1 aliphatic carbocycles. The van der Waals surface area contributed by atoms with Crippen molar-refractivity contribution in [3.63, 3.8) is 0 Å². The molecule has 0 unspecified atom stereocenters. The van der Waals surface area contributed by atoms with E-state index in [4.69, 9.17) is 10.5 Å². The Morgan fingerprint density at radius 2 is 1.94 bits per heavy atom. The molecule has 1 aliphatic rings. The molecule has 4 rings (SSSR count). The van der Waals surface area contributed by atoms with Crippen LogP contribution in [0.5, 0.6) is 5.75 Å². The molecule has 1 amide bonds. The van der Waals surface area contributed by atoms with E-state index in [0.29, 0.717) is 5.75 Å². The molecule has 2 aromatic carbocycles. The molecule has 1 fully saturated rings. The van der Waals surface area contributed by atoms with Gasteiger partial charge in [0.25, 0.3) is 5.91 Å². The first-order chi connectivity index (χ1) is 15.9. The zero-order valence-electron chi connectivity index (χ0n) is 18.1. The maximum atomic E-state index is 14.9. The van der Waals surface area contributed by atoms with Crippen molar-refractivity contribution in [2.45, 2.75) is 38.3 Å². The molecule has 0 atom stereocenters. The standard InChI is InChI=1S/C24H23F2N5O2/c1-33-21-9-5-4-8-16(21)24(32)29-13-18-19(25)10-14(11-20(18)26)22-17(12-27)23(28)31(30-22)15-6-2-3-7-15/h4-5,8-11,15H,2-3,6-7,13,28H2,1H3,(H,29,32). The maximum absolute atomic E-state index is 14.9. The SMILES string of the molecule is COc1ccccc1C(=O)NCc1c(F)cc(-c2nn(C3CCCC3)c(N)c2C#N)cc1F. The highest BCUT2D eigenvalue weighted by Crippen LogP contribution is 2.36. The number of hydrogen-bond donors (Lipinski definition) is 2. The third-order valence-corrected chi connectivity index (χ3v) is 5.92. The highest BCUT2D eigenvalue weighted by Gasteiger charge is 2.26. The normalized spacial score (nSPS) is 13.6. The molecule has 1 saturated carbocycles. The number of nitrogens with two attached hydrogens (primary N) is 1. The topological polar surface area (TPSA) is 106 Å². The van der Waals surface area contributed by atoms with Gasteiger partial charge in [0.15, 0.2) is 0 Å². The van der Waals surface area contributed by atoms with E-state index < -0.39 is 17.5 Å². The van der Waals surface area contributed by atoms with Crippen molar-refractivity contribution in [3.8, 4) is 23.1 Å². The fourth-order valence-corrected chi connectivity index (χ4v) is 4.19. The number of carbonyl (C=O) groups excluding carboxylic acids is 1. The molecule has 3 aromatic rings. The summed E-state index contributed by atoms with van der Waals surface area (Å²) < 4.78 is 36.5. The summed E-state index contributed by atoms with van der Waals surface area (Å²) in [6, 6.07) is 10.8. The monoisotopic (exact) mass is 451 g/mol. The van der Waals surface area contributed by atoms with Crippen LogP contribution in [0.2, 0.25) is 0 Å². The number of nitrogen functional groups attached to an aromatic ring is 1. The minimum Gasteiger partial charge on any atom is -0.496 e. The first-order valence-electron chi connectivity index (χ1n) is 10.6. The highest BCUT2D eigenvalue weighted by atomic mass is 19.1. The van der Waals surface area contributed by atoms with Gasteiger partial charge in [0, 0.05) is 17.7 Å². The molecule has 0 saturated heterocycles. The summed E-state index contributed by atoms with van der Waals surface area (Å²) in [6.45, 7) is -0.363. The Morgan fingerprint density at radius 3 is 2.58 bits per heavy atom. The number of methoxy groups -OCH3 is 1. The summed E-state index contributed by atoms with van der Waals surface area (Å²) in [4.78, 5) is 12.5. The molecule has 0 bridgehead atoms. The largest absolute Gasteiger partial charge is 0.496 e. The number of hydrogen-bond acceptors (Lipinski definition) is 5. The van der Waals surface area contributed by atoms with Gasteiger partial charge < -0.3 is 15.8 Å². The molecule has 1 aromatic heterocycles. The lowest BCUT2D eigenvalue weighted by atomic mass is 10.0. The summed E-state index contributed by atoms with van der Waals surface area (Å²) in [7, 11) is 1.43. The third-order valence-electron chi connectivity index (χ3n) is 5.92. The van der Waals surface area contributed by atoms with Crippen molar-refractivity contribution in [1.29, 1.82) is 5.26 Å². The van der Waals surface area contributed by atoms with E-state index in [1.165, 1.54) is 7.11 Å². The molecule has 0 spiro atoms. The van der Waals surface area contributed by atoms with Crippen LogP contribution in [0.1, 0.15) is 53.2 Å². The van der Waals surface area contributed by atoms with E-state index in [1.54, 1.807) is 28.9 Å². The maximum Gasteiger partial charge on any atom is 0.255 e. The Hall–Kier alpha value is -3.93. The lowest BCUT2D eigenvalue weighted by Gasteiger charge is -2.11. The van der Waals surface area contributed by atoms with Crippen molar-refractivity contribution in [2.75, 3.05) is 12.8 Å². The number of amides is 1. The zero-order valence-corrected chi connectivity index (χ0v) is 18.1. The lowest BCUT2D eigenvalue weighted by molar-refractivity contribution is 0.0947. The molecule has 170 valence electrons. The van der Waals surface area contributed by atoms with Gasteiger partial charge in [-0.3, -0.25) is 4.79 Å². The van der Waals surface area contributed by atoms with Crippen LogP contribution < -0.4 is 15.8 Å². The second-order valence-electron chi connectivity index (χ2n) is 7.90. The van der Waals surface area contributed by atoms with Crippen LogP contribution in [0, 0.1) is 23.0 Å². The van der Waals surface area contributed by atoms with Crippen molar-refractivity contribution in [1.82, 2.24) is 15.1 Å². The molecule has 0 radical (unpaired) electrons. The van der Waals surface area contributed by atoms with Crippen molar-refractivity contribution in [3.05, 3.63) is 64.7 Å². The van der Waals surface area contributed by atoms with Gasteiger partial charge in [0.1, 0.15) is 40.5 Å². The summed E-state index contributed by atoms with van der Waals surface area (Å²) in [6.07, 6.45) is 3.87. The van der Waals surface area contributed by atoms with E-state index >= 15 is 0 Å². The number of nitrogens with one attached hydrogen (secondary N) is 1. The quantitative estimate of drug-likeness (QED) is 0.580. The second-order valence-corrected chi connectivity index (χ2v) is 7.90. The number of carbonyl (C=O) groups is 1. The van der Waals surface area contributed by atoms with Gasteiger partial charge in [0.2, 0.25) is 0 Å². The number of rotatable bonds is 6. The van der Waals surface area contributed by atoms with Gasteiger partial charge in [-0.2, -0.15) is 10.4 Å². The van der Waals surface area contributed by atoms with Gasteiger partial charge in [-0.05, 0) is 37.1 Å². The van der Waals surface area contributed by atoms with E-state index in [9.17, 15) is 18.8 Å². The summed E-state index contributed by atoms with van der Waals surface area (Å²) >= 11 is 0. The average Bonchev–Trinajstić information content (AvgIpc) is 3.45. The van der Waals surface area contributed by atoms with Crippen LogP contribution in [0.25, 0.3) is 11.3 Å². The number of para-hydroxylation sites is 1. The number of anilines is 1.